The van der Waals surface area contributed by atoms with Crippen LogP contribution in [0.15, 0.2) is 18.2 Å². The Hall–Kier alpha value is -0.950. The third-order valence-corrected chi connectivity index (χ3v) is 2.54. The average Bonchev–Trinajstić information content (AvgIpc) is 2.17. The summed E-state index contributed by atoms with van der Waals surface area (Å²) in [5.74, 6) is 0. The second kappa shape index (κ2) is 6.59. The van der Waals surface area contributed by atoms with Crippen LogP contribution in [0.5, 0.6) is 0 Å². The van der Waals surface area contributed by atoms with Gasteiger partial charge in [0, 0.05) is 30.8 Å². The van der Waals surface area contributed by atoms with E-state index in [0.717, 1.165) is 11.3 Å². The molecule has 0 heterocycles. The van der Waals surface area contributed by atoms with Gasteiger partial charge in [0.1, 0.15) is 0 Å². The lowest BCUT2D eigenvalue weighted by Crippen LogP contribution is -2.12. The van der Waals surface area contributed by atoms with Crippen molar-refractivity contribution in [2.45, 2.75) is 12.5 Å². The Balaban J connectivity index is 0.00000225. The monoisotopic (exact) mass is 259 g/mol. The van der Waals surface area contributed by atoms with E-state index in [1.807, 2.05) is 43.3 Å². The van der Waals surface area contributed by atoms with Gasteiger partial charge in [-0.15, -0.1) is 12.4 Å². The minimum Gasteiger partial charge on any atom is -0.378 e. The van der Waals surface area contributed by atoms with Crippen molar-refractivity contribution in [3.8, 4) is 6.07 Å². The van der Waals surface area contributed by atoms with Crippen LogP contribution >= 0.6 is 24.0 Å². The molecule has 3 nitrogen and oxygen atoms in total. The van der Waals surface area contributed by atoms with Crippen LogP contribution in [-0.2, 0) is 0 Å². The second-order valence-corrected chi connectivity index (χ2v) is 3.98. The average molecular weight is 260 g/mol. The molecule has 0 aliphatic heterocycles. The molecule has 0 unspecified atom stereocenters. The van der Waals surface area contributed by atoms with Crippen molar-refractivity contribution in [1.82, 2.24) is 0 Å². The summed E-state index contributed by atoms with van der Waals surface area (Å²) in [4.78, 5) is 1.96. The molecular weight excluding hydrogens is 245 g/mol. The SMILES string of the molecule is CN(C)c1ccc([C@@H](N)CC#N)c(Cl)c1.Cl. The zero-order valence-electron chi connectivity index (χ0n) is 9.27. The molecule has 16 heavy (non-hydrogen) atoms. The van der Waals surface area contributed by atoms with Crippen molar-refractivity contribution in [3.63, 3.8) is 0 Å². The number of halogens is 2. The van der Waals surface area contributed by atoms with Crippen LogP contribution < -0.4 is 10.6 Å². The van der Waals surface area contributed by atoms with E-state index in [1.165, 1.54) is 0 Å². The number of nitriles is 1. The quantitative estimate of drug-likeness (QED) is 0.909. The van der Waals surface area contributed by atoms with Crippen LogP contribution in [0.2, 0.25) is 5.02 Å². The molecule has 0 bridgehead atoms. The highest BCUT2D eigenvalue weighted by Gasteiger charge is 2.10. The van der Waals surface area contributed by atoms with Gasteiger partial charge in [-0.2, -0.15) is 5.26 Å². The number of rotatable bonds is 3. The molecule has 0 aromatic heterocycles. The van der Waals surface area contributed by atoms with Crippen molar-refractivity contribution in [1.29, 1.82) is 5.26 Å². The van der Waals surface area contributed by atoms with Gasteiger partial charge in [-0.1, -0.05) is 17.7 Å². The van der Waals surface area contributed by atoms with Crippen LogP contribution in [0.1, 0.15) is 18.0 Å². The molecule has 0 aliphatic carbocycles. The number of anilines is 1. The van der Waals surface area contributed by atoms with E-state index in [2.05, 4.69) is 0 Å². The summed E-state index contributed by atoms with van der Waals surface area (Å²) in [6.07, 6.45) is 0.279. The summed E-state index contributed by atoms with van der Waals surface area (Å²) in [5.41, 5.74) is 7.66. The molecule has 1 aromatic rings. The van der Waals surface area contributed by atoms with Crippen molar-refractivity contribution in [3.05, 3.63) is 28.8 Å². The van der Waals surface area contributed by atoms with Crippen LogP contribution in [0.25, 0.3) is 0 Å². The van der Waals surface area contributed by atoms with Crippen LogP contribution in [0.3, 0.4) is 0 Å². The Morgan fingerprint density at radius 2 is 2.12 bits per heavy atom. The molecule has 0 spiro atoms. The first kappa shape index (κ1) is 15.0. The molecule has 88 valence electrons. The van der Waals surface area contributed by atoms with Gasteiger partial charge in [-0.25, -0.2) is 0 Å². The number of hydrogen-bond donors (Lipinski definition) is 1. The van der Waals surface area contributed by atoms with Crippen LogP contribution in [0.4, 0.5) is 5.69 Å². The number of hydrogen-bond acceptors (Lipinski definition) is 3. The van der Waals surface area contributed by atoms with Gasteiger partial charge >= 0.3 is 0 Å². The Kier molecular flexibility index (Phi) is 6.20. The summed E-state index contributed by atoms with van der Waals surface area (Å²) in [6.45, 7) is 0. The van der Waals surface area contributed by atoms with Crippen molar-refractivity contribution in [2.75, 3.05) is 19.0 Å². The van der Waals surface area contributed by atoms with Gasteiger partial charge in [0.25, 0.3) is 0 Å². The molecule has 0 radical (unpaired) electrons. The van der Waals surface area contributed by atoms with Gasteiger partial charge in [0.2, 0.25) is 0 Å². The molecule has 5 heteroatoms. The normalized spacial score (nSPS) is 11.2. The molecule has 0 saturated heterocycles. The maximum atomic E-state index is 8.55. The smallest absolute Gasteiger partial charge is 0.0641 e. The lowest BCUT2D eigenvalue weighted by Gasteiger charge is -2.16. The Morgan fingerprint density at radius 3 is 2.56 bits per heavy atom. The first-order valence-corrected chi connectivity index (χ1v) is 5.03. The summed E-state index contributed by atoms with van der Waals surface area (Å²) < 4.78 is 0. The molecule has 0 fully saturated rings. The third-order valence-electron chi connectivity index (χ3n) is 2.21. The zero-order valence-corrected chi connectivity index (χ0v) is 10.8. The summed E-state index contributed by atoms with van der Waals surface area (Å²) >= 11 is 6.09. The lowest BCUT2D eigenvalue weighted by molar-refractivity contribution is 0.749. The van der Waals surface area contributed by atoms with E-state index in [-0.39, 0.29) is 24.9 Å². The van der Waals surface area contributed by atoms with E-state index in [0.29, 0.717) is 5.02 Å². The molecule has 0 saturated carbocycles. The van der Waals surface area contributed by atoms with E-state index >= 15 is 0 Å². The maximum absolute atomic E-state index is 8.55. The molecule has 0 aliphatic rings. The highest BCUT2D eigenvalue weighted by molar-refractivity contribution is 6.31. The molecule has 1 aromatic carbocycles. The van der Waals surface area contributed by atoms with Crippen LogP contribution in [-0.4, -0.2) is 14.1 Å². The number of nitrogens with two attached hydrogens (primary N) is 1. The summed E-state index contributed by atoms with van der Waals surface area (Å²) in [5, 5.41) is 9.17. The standard InChI is InChI=1S/C11H14ClN3.ClH/c1-15(2)8-3-4-9(10(12)7-8)11(14)5-6-13;/h3-4,7,11H,5,14H2,1-2H3;1H/t11-;/m0./s1. The largest absolute Gasteiger partial charge is 0.378 e. The first-order chi connectivity index (χ1) is 7.06. The van der Waals surface area contributed by atoms with E-state index in [1.54, 1.807) is 0 Å². The fourth-order valence-corrected chi connectivity index (χ4v) is 1.62. The molecule has 1 atom stereocenters. The van der Waals surface area contributed by atoms with Crippen molar-refractivity contribution >= 4 is 29.7 Å². The van der Waals surface area contributed by atoms with Crippen molar-refractivity contribution < 1.29 is 0 Å². The predicted molar refractivity (Wildman–Crippen MR) is 70.2 cm³/mol. The Bertz CT molecular complexity index is 385. The first-order valence-electron chi connectivity index (χ1n) is 4.65. The fourth-order valence-electron chi connectivity index (χ4n) is 1.30. The molecule has 1 rings (SSSR count). The predicted octanol–water partition coefficient (Wildman–Crippen LogP) is 2.74. The number of benzene rings is 1. The summed E-state index contributed by atoms with van der Waals surface area (Å²) in [7, 11) is 3.89. The fraction of sp³-hybridized carbons (Fsp3) is 0.364. The van der Waals surface area contributed by atoms with E-state index in [4.69, 9.17) is 22.6 Å². The Labute approximate surface area is 107 Å². The maximum Gasteiger partial charge on any atom is 0.0641 e. The van der Waals surface area contributed by atoms with E-state index in [9.17, 15) is 0 Å². The highest BCUT2D eigenvalue weighted by Crippen LogP contribution is 2.27. The topological polar surface area (TPSA) is 53.0 Å². The van der Waals surface area contributed by atoms with Crippen molar-refractivity contribution in [2.24, 2.45) is 5.73 Å². The number of nitrogens with zero attached hydrogens (tertiary/aromatic N) is 2. The highest BCUT2D eigenvalue weighted by atomic mass is 35.5. The molecule has 2 N–H and O–H groups in total. The van der Waals surface area contributed by atoms with Gasteiger partial charge in [-0.05, 0) is 17.7 Å². The second-order valence-electron chi connectivity index (χ2n) is 3.57. The van der Waals surface area contributed by atoms with Gasteiger partial charge < -0.3 is 10.6 Å². The van der Waals surface area contributed by atoms with E-state index < -0.39 is 0 Å². The summed E-state index contributed by atoms with van der Waals surface area (Å²) in [6, 6.07) is 7.40. The Morgan fingerprint density at radius 1 is 1.50 bits per heavy atom. The van der Waals surface area contributed by atoms with Crippen LogP contribution in [0, 0.1) is 11.3 Å². The molecule has 0 amide bonds. The zero-order chi connectivity index (χ0) is 11.4. The van der Waals surface area contributed by atoms with Gasteiger partial charge in [-0.3, -0.25) is 0 Å². The van der Waals surface area contributed by atoms with Gasteiger partial charge in [0.05, 0.1) is 12.5 Å². The molecular formula is C11H15Cl2N3. The third kappa shape index (κ3) is 3.57. The van der Waals surface area contributed by atoms with Gasteiger partial charge in [0.15, 0.2) is 0 Å². The minimum absolute atomic E-state index is 0. The lowest BCUT2D eigenvalue weighted by atomic mass is 10.0. The minimum atomic E-state index is -0.307.